The van der Waals surface area contributed by atoms with Gasteiger partial charge in [0.2, 0.25) is 5.91 Å². The van der Waals surface area contributed by atoms with Crippen LogP contribution in [0.5, 0.6) is 0 Å². The van der Waals surface area contributed by atoms with Gasteiger partial charge >= 0.3 is 17.9 Å². The van der Waals surface area contributed by atoms with Crippen LogP contribution >= 0.6 is 0 Å². The molecule has 2 aliphatic heterocycles. The highest BCUT2D eigenvalue weighted by Gasteiger charge is 2.51. The summed E-state index contributed by atoms with van der Waals surface area (Å²) in [7, 11) is 1.60. The predicted molar refractivity (Wildman–Crippen MR) is 319 cm³/mol. The maximum atomic E-state index is 13.2. The van der Waals surface area contributed by atoms with Crippen molar-refractivity contribution in [2.75, 3.05) is 26.9 Å². The van der Waals surface area contributed by atoms with Gasteiger partial charge in [-0.3, -0.25) is 19.2 Å². The summed E-state index contributed by atoms with van der Waals surface area (Å²) in [6.45, 7) is 7.05. The molecule has 0 radical (unpaired) electrons. The minimum Gasteiger partial charge on any atom is -0.462 e. The minimum atomic E-state index is -1.38. The molecule has 3 aliphatic rings. The Morgan fingerprint density at radius 2 is 1.05 bits per heavy atom. The summed E-state index contributed by atoms with van der Waals surface area (Å²) in [5.41, 5.74) is 17.9. The van der Waals surface area contributed by atoms with Gasteiger partial charge < -0.3 is 76.3 Å². The first-order valence-corrected chi connectivity index (χ1v) is 32.2. The van der Waals surface area contributed by atoms with Gasteiger partial charge in [-0.05, 0) is 104 Å². The number of aliphatic hydroxyl groups is 3. The van der Waals surface area contributed by atoms with E-state index in [0.29, 0.717) is 25.7 Å². The van der Waals surface area contributed by atoms with Crippen LogP contribution in [0.15, 0.2) is 24.3 Å². The number of carbonyl (C=O) groups is 4. The molecule has 1 amide bonds. The van der Waals surface area contributed by atoms with Crippen molar-refractivity contribution in [2.24, 2.45) is 17.2 Å². The molecule has 3 rings (SSSR count). The summed E-state index contributed by atoms with van der Waals surface area (Å²) in [4.78, 5) is 52.0. The number of nitrogens with two attached hydrogens (primary N) is 3. The Morgan fingerprint density at radius 3 is 1.55 bits per heavy atom. The number of allylic oxidation sites excluding steroid dienone is 4. The summed E-state index contributed by atoms with van der Waals surface area (Å²) >= 11 is 0. The Labute approximate surface area is 493 Å². The molecule has 0 bridgehead atoms. The molecule has 0 aromatic heterocycles. The first-order valence-electron chi connectivity index (χ1n) is 32.2. The summed E-state index contributed by atoms with van der Waals surface area (Å²) in [5, 5.41) is 39.0. The Bertz CT molecular complexity index is 1780. The number of rotatable bonds is 45. The average molecular weight is 1170 g/mol. The second kappa shape index (κ2) is 43.5. The molecule has 14 atom stereocenters. The molecule has 3 fully saturated rings. The molecule has 1 saturated carbocycles. The SMILES string of the molecule is CCCCCCCC/C=C/CCCCCCCC(=O)OCC(COC(=O)CCC(=O)NC(C)C1CCC(N)C(OC2C(N)CC(N)C(OC3OCC(C)(O)C(NC)C3O)C2O)O1)OC(=O)CCCCCCC/C=C/CCCCCCCC. The predicted octanol–water partition coefficient (Wildman–Crippen LogP) is 8.42. The monoisotopic (exact) mass is 1170 g/mol. The number of likely N-dealkylation sites (N-methyl/N-ethyl adjacent to an activating group) is 1. The van der Waals surface area contributed by atoms with E-state index in [1.165, 1.54) is 84.0 Å². The molecular formula is C63H115N5O14. The molecule has 1 aliphatic carbocycles. The number of ether oxygens (including phenoxy) is 7. The molecule has 2 saturated heterocycles. The van der Waals surface area contributed by atoms with E-state index in [1.807, 2.05) is 0 Å². The van der Waals surface area contributed by atoms with Crippen LogP contribution in [0.3, 0.4) is 0 Å². The van der Waals surface area contributed by atoms with Crippen LogP contribution in [0.4, 0.5) is 0 Å². The van der Waals surface area contributed by atoms with Crippen molar-refractivity contribution in [1.82, 2.24) is 10.6 Å². The number of amides is 1. The second-order valence-corrected chi connectivity index (χ2v) is 23.8. The lowest BCUT2D eigenvalue weighted by molar-refractivity contribution is -0.307. The maximum absolute atomic E-state index is 13.2. The van der Waals surface area contributed by atoms with Gasteiger partial charge in [0.25, 0.3) is 0 Å². The third-order valence-corrected chi connectivity index (χ3v) is 16.2. The van der Waals surface area contributed by atoms with Gasteiger partial charge in [-0.25, -0.2) is 0 Å². The van der Waals surface area contributed by atoms with Crippen LogP contribution in [0, 0.1) is 0 Å². The molecule has 476 valence electrons. The number of esters is 3. The maximum Gasteiger partial charge on any atom is 0.306 e. The van der Waals surface area contributed by atoms with E-state index in [2.05, 4.69) is 48.8 Å². The van der Waals surface area contributed by atoms with E-state index < -0.39 is 109 Å². The Balaban J connectivity index is 1.42. The Hall–Kier alpha value is -3.08. The number of aliphatic hydroxyl groups excluding tert-OH is 2. The standard InChI is InChI=1S/C63H115N5O14/c1-6-8-10-12-14-16-18-20-22-24-26-28-30-32-34-36-53(70)76-43-47(79-55(72)37-35-33-31-29-27-25-23-21-19-17-15-13-11-9-7-2)44-77-54(71)41-40-52(69)68-46(3)51-39-38-48(64)61(80-51)81-58-49(65)42-50(66)59(56(58)73)82-62-57(74)60(67-5)63(4,75)45-78-62/h20-23,46-51,56-62,67,73-75H,6-19,24-45,64-66H2,1-5H3,(H,68,69)/b22-20+,23-21+. The highest BCUT2D eigenvalue weighted by atomic mass is 16.7. The molecule has 19 nitrogen and oxygen atoms in total. The molecule has 0 aromatic carbocycles. The van der Waals surface area contributed by atoms with Crippen LogP contribution in [0.25, 0.3) is 0 Å². The lowest BCUT2D eigenvalue weighted by Gasteiger charge is -2.48. The van der Waals surface area contributed by atoms with Crippen LogP contribution in [-0.2, 0) is 52.3 Å². The number of carbonyl (C=O) groups excluding carboxylic acids is 4. The van der Waals surface area contributed by atoms with Gasteiger partial charge in [0.1, 0.15) is 43.2 Å². The van der Waals surface area contributed by atoms with Gasteiger partial charge in [-0.2, -0.15) is 0 Å². The number of hydrogen-bond donors (Lipinski definition) is 8. The number of hydrogen-bond acceptors (Lipinski definition) is 18. The van der Waals surface area contributed by atoms with Gasteiger partial charge in [-0.15, -0.1) is 0 Å². The quantitative estimate of drug-likeness (QED) is 0.0123. The second-order valence-electron chi connectivity index (χ2n) is 23.8. The topological polar surface area (TPSA) is 296 Å². The van der Waals surface area contributed by atoms with Crippen molar-refractivity contribution in [3.63, 3.8) is 0 Å². The van der Waals surface area contributed by atoms with Gasteiger partial charge in [-0.1, -0.05) is 141 Å². The van der Waals surface area contributed by atoms with Crippen LogP contribution < -0.4 is 27.8 Å². The van der Waals surface area contributed by atoms with Crippen LogP contribution in [0.1, 0.15) is 240 Å². The molecule has 14 unspecified atom stereocenters. The van der Waals surface area contributed by atoms with Crippen LogP contribution in [0.2, 0.25) is 0 Å². The largest absolute Gasteiger partial charge is 0.462 e. The normalized spacial score (nSPS) is 27.6. The molecule has 2 heterocycles. The van der Waals surface area contributed by atoms with Crippen molar-refractivity contribution in [3.05, 3.63) is 24.3 Å². The van der Waals surface area contributed by atoms with E-state index in [1.54, 1.807) is 14.0 Å². The lowest BCUT2D eigenvalue weighted by Crippen LogP contribution is -2.68. The first kappa shape index (κ1) is 73.2. The van der Waals surface area contributed by atoms with Crippen LogP contribution in [-0.4, -0.2) is 151 Å². The van der Waals surface area contributed by atoms with Gasteiger partial charge in [0.05, 0.1) is 37.3 Å². The van der Waals surface area contributed by atoms with Crippen molar-refractivity contribution >= 4 is 23.8 Å². The summed E-state index contributed by atoms with van der Waals surface area (Å²) in [6, 6.07) is -3.39. The van der Waals surface area contributed by atoms with Gasteiger partial charge in [0, 0.05) is 31.3 Å². The van der Waals surface area contributed by atoms with E-state index in [0.717, 1.165) is 77.0 Å². The highest BCUT2D eigenvalue weighted by Crippen LogP contribution is 2.32. The fourth-order valence-corrected chi connectivity index (χ4v) is 11.0. The van der Waals surface area contributed by atoms with Gasteiger partial charge in [0.15, 0.2) is 18.7 Å². The smallest absolute Gasteiger partial charge is 0.306 e. The van der Waals surface area contributed by atoms with Crippen molar-refractivity contribution in [2.45, 2.75) is 325 Å². The molecule has 0 spiro atoms. The molecular weight excluding hydrogens is 1050 g/mol. The van der Waals surface area contributed by atoms with Crippen molar-refractivity contribution in [3.8, 4) is 0 Å². The van der Waals surface area contributed by atoms with E-state index in [-0.39, 0.29) is 51.9 Å². The molecule has 82 heavy (non-hydrogen) atoms. The first-order chi connectivity index (χ1) is 39.5. The van der Waals surface area contributed by atoms with E-state index in [4.69, 9.17) is 50.4 Å². The summed E-state index contributed by atoms with van der Waals surface area (Å²) in [5.74, 6) is -1.97. The number of unbranched alkanes of at least 4 members (excludes halogenated alkanes) is 22. The minimum absolute atomic E-state index is 0.140. The van der Waals surface area contributed by atoms with Crippen molar-refractivity contribution < 1.29 is 67.7 Å². The Kier molecular flexibility index (Phi) is 38.8. The Morgan fingerprint density at radius 1 is 0.598 bits per heavy atom. The highest BCUT2D eigenvalue weighted by molar-refractivity contribution is 5.81. The average Bonchev–Trinajstić information content (AvgIpc) is 3.55. The third-order valence-electron chi connectivity index (χ3n) is 16.2. The number of nitrogens with one attached hydrogen (secondary N) is 2. The summed E-state index contributed by atoms with van der Waals surface area (Å²) in [6.07, 6.45) is 31.5. The fourth-order valence-electron chi connectivity index (χ4n) is 11.0. The zero-order valence-corrected chi connectivity index (χ0v) is 51.3. The molecule has 11 N–H and O–H groups in total. The van der Waals surface area contributed by atoms with Crippen molar-refractivity contribution in [1.29, 1.82) is 0 Å². The molecule has 19 heteroatoms. The van der Waals surface area contributed by atoms with E-state index in [9.17, 15) is 34.5 Å². The zero-order chi connectivity index (χ0) is 60.0. The fraction of sp³-hybridized carbons (Fsp3) is 0.873. The molecule has 0 aromatic rings. The lowest BCUT2D eigenvalue weighted by atomic mass is 9.84. The third kappa shape index (κ3) is 30.3. The zero-order valence-electron chi connectivity index (χ0n) is 51.3. The summed E-state index contributed by atoms with van der Waals surface area (Å²) < 4.78 is 41.0. The van der Waals surface area contributed by atoms with E-state index >= 15 is 0 Å².